The Morgan fingerprint density at radius 2 is 2.20 bits per heavy atom. The van der Waals surface area contributed by atoms with Crippen molar-refractivity contribution in [2.45, 2.75) is 31.4 Å². The molecular formula is C12H16BNO. The van der Waals surface area contributed by atoms with Gasteiger partial charge in [0.25, 0.3) is 0 Å². The number of benzene rings is 1. The molecule has 1 aromatic carbocycles. The summed E-state index contributed by atoms with van der Waals surface area (Å²) in [4.78, 5) is 2.47. The minimum absolute atomic E-state index is 0.0856. The van der Waals surface area contributed by atoms with Crippen molar-refractivity contribution in [1.29, 1.82) is 0 Å². The van der Waals surface area contributed by atoms with Crippen molar-refractivity contribution in [2.75, 3.05) is 6.54 Å². The second-order valence-electron chi connectivity index (χ2n) is 4.72. The molecule has 0 saturated carbocycles. The third-order valence-electron chi connectivity index (χ3n) is 3.88. The van der Waals surface area contributed by atoms with Gasteiger partial charge in [-0.05, 0) is 31.9 Å². The highest BCUT2D eigenvalue weighted by Crippen LogP contribution is 2.41. The van der Waals surface area contributed by atoms with Crippen molar-refractivity contribution in [3.63, 3.8) is 0 Å². The molecule has 0 aromatic heterocycles. The maximum Gasteiger partial charge on any atom is 0.364 e. The van der Waals surface area contributed by atoms with E-state index in [-0.39, 0.29) is 5.60 Å². The van der Waals surface area contributed by atoms with Crippen LogP contribution in [0.2, 0.25) is 0 Å². The molecule has 2 heterocycles. The molecule has 2 nitrogen and oxygen atoms in total. The van der Waals surface area contributed by atoms with Crippen LogP contribution in [0.3, 0.4) is 0 Å². The fraction of sp³-hybridized carbons (Fsp3) is 0.500. The van der Waals surface area contributed by atoms with Crippen LogP contribution in [-0.4, -0.2) is 25.0 Å². The number of hydrogen-bond acceptors (Lipinski definition) is 2. The molecule has 3 rings (SSSR count). The average Bonchev–Trinajstić information content (AvgIpc) is 2.85. The molecule has 2 fully saturated rings. The topological polar surface area (TPSA) is 12.5 Å². The zero-order valence-corrected chi connectivity index (χ0v) is 9.15. The highest BCUT2D eigenvalue weighted by atomic mass is 16.5. The summed E-state index contributed by atoms with van der Waals surface area (Å²) in [5.74, 6) is 0. The fourth-order valence-corrected chi connectivity index (χ4v) is 2.96. The summed E-state index contributed by atoms with van der Waals surface area (Å²) in [6.07, 6.45) is 2.59. The third kappa shape index (κ3) is 1.34. The molecule has 0 bridgehead atoms. The van der Waals surface area contributed by atoms with E-state index in [4.69, 9.17) is 4.65 Å². The quantitative estimate of drug-likeness (QED) is 0.640. The van der Waals surface area contributed by atoms with Crippen molar-refractivity contribution in [3.05, 3.63) is 35.9 Å². The first-order valence-electron chi connectivity index (χ1n) is 5.74. The summed E-state index contributed by atoms with van der Waals surface area (Å²) in [7, 11) is 0.802. The number of hydrogen-bond donors (Lipinski definition) is 0. The van der Waals surface area contributed by atoms with E-state index in [9.17, 15) is 0 Å². The molecule has 78 valence electrons. The van der Waals surface area contributed by atoms with Crippen LogP contribution < -0.4 is 0 Å². The van der Waals surface area contributed by atoms with Crippen LogP contribution in [0.1, 0.15) is 25.3 Å². The van der Waals surface area contributed by atoms with E-state index >= 15 is 0 Å². The van der Waals surface area contributed by atoms with Gasteiger partial charge in [0.05, 0.1) is 5.60 Å². The van der Waals surface area contributed by atoms with E-state index in [2.05, 4.69) is 42.1 Å². The van der Waals surface area contributed by atoms with E-state index in [1.54, 1.807) is 0 Å². The molecule has 0 radical (unpaired) electrons. The predicted octanol–water partition coefficient (Wildman–Crippen LogP) is 1.66. The normalized spacial score (nSPS) is 35.1. The number of fused-ring (bicyclic) bond motifs is 1. The fourth-order valence-electron chi connectivity index (χ4n) is 2.96. The van der Waals surface area contributed by atoms with E-state index in [1.165, 1.54) is 24.9 Å². The SMILES string of the molecule is CC1(c2ccccc2)OBN2CCC[C@H]21. The summed E-state index contributed by atoms with van der Waals surface area (Å²) in [6, 6.07) is 11.2. The van der Waals surface area contributed by atoms with Gasteiger partial charge in [-0.2, -0.15) is 0 Å². The monoisotopic (exact) mass is 201 g/mol. The maximum absolute atomic E-state index is 6.02. The summed E-state index contributed by atoms with van der Waals surface area (Å²) < 4.78 is 6.02. The van der Waals surface area contributed by atoms with Crippen LogP contribution >= 0.6 is 0 Å². The molecule has 0 aliphatic carbocycles. The Hall–Kier alpha value is -0.795. The minimum Gasteiger partial charge on any atom is -0.413 e. The van der Waals surface area contributed by atoms with Crippen molar-refractivity contribution >= 4 is 7.62 Å². The second kappa shape index (κ2) is 3.36. The molecule has 3 heteroatoms. The summed E-state index contributed by atoms with van der Waals surface area (Å²) in [6.45, 7) is 3.44. The number of rotatable bonds is 1. The van der Waals surface area contributed by atoms with Crippen molar-refractivity contribution in [1.82, 2.24) is 4.81 Å². The Morgan fingerprint density at radius 1 is 1.40 bits per heavy atom. The molecule has 1 unspecified atom stereocenters. The maximum atomic E-state index is 6.02. The minimum atomic E-state index is -0.0856. The van der Waals surface area contributed by atoms with Crippen LogP contribution in [0.25, 0.3) is 0 Å². The lowest BCUT2D eigenvalue weighted by atomic mass is 9.87. The third-order valence-corrected chi connectivity index (χ3v) is 3.88. The van der Waals surface area contributed by atoms with Gasteiger partial charge in [-0.3, -0.25) is 0 Å². The van der Waals surface area contributed by atoms with Crippen LogP contribution in [0.15, 0.2) is 30.3 Å². The van der Waals surface area contributed by atoms with Crippen LogP contribution in [0.4, 0.5) is 0 Å². The lowest BCUT2D eigenvalue weighted by Crippen LogP contribution is -2.37. The highest BCUT2D eigenvalue weighted by Gasteiger charge is 2.48. The lowest BCUT2D eigenvalue weighted by molar-refractivity contribution is 0.0842. The average molecular weight is 201 g/mol. The molecule has 2 atom stereocenters. The Bertz CT molecular complexity index is 356. The van der Waals surface area contributed by atoms with Crippen LogP contribution in [0, 0.1) is 0 Å². The summed E-state index contributed by atoms with van der Waals surface area (Å²) >= 11 is 0. The largest absolute Gasteiger partial charge is 0.413 e. The van der Waals surface area contributed by atoms with Gasteiger partial charge < -0.3 is 9.47 Å². The first-order valence-corrected chi connectivity index (χ1v) is 5.74. The van der Waals surface area contributed by atoms with Gasteiger partial charge in [0, 0.05) is 6.04 Å². The lowest BCUT2D eigenvalue weighted by Gasteiger charge is -2.31. The number of nitrogens with zero attached hydrogens (tertiary/aromatic N) is 1. The van der Waals surface area contributed by atoms with Gasteiger partial charge in [-0.15, -0.1) is 0 Å². The van der Waals surface area contributed by atoms with Gasteiger partial charge in [0.15, 0.2) is 0 Å². The molecule has 2 saturated heterocycles. The van der Waals surface area contributed by atoms with Gasteiger partial charge in [-0.1, -0.05) is 30.3 Å². The Balaban J connectivity index is 1.97. The van der Waals surface area contributed by atoms with Crippen molar-refractivity contribution in [2.24, 2.45) is 0 Å². The zero-order chi connectivity index (χ0) is 10.3. The van der Waals surface area contributed by atoms with Gasteiger partial charge in [0.2, 0.25) is 0 Å². The molecule has 0 amide bonds. The zero-order valence-electron chi connectivity index (χ0n) is 9.15. The smallest absolute Gasteiger partial charge is 0.364 e. The van der Waals surface area contributed by atoms with E-state index in [0.717, 1.165) is 7.62 Å². The Morgan fingerprint density at radius 3 is 3.00 bits per heavy atom. The molecule has 2 aliphatic heterocycles. The van der Waals surface area contributed by atoms with E-state index < -0.39 is 0 Å². The Labute approximate surface area is 91.5 Å². The van der Waals surface area contributed by atoms with Gasteiger partial charge in [0.1, 0.15) is 0 Å². The summed E-state index contributed by atoms with van der Waals surface area (Å²) in [5.41, 5.74) is 1.23. The first-order chi connectivity index (χ1) is 7.31. The van der Waals surface area contributed by atoms with Crippen molar-refractivity contribution in [3.8, 4) is 0 Å². The molecule has 1 aromatic rings. The predicted molar refractivity (Wildman–Crippen MR) is 61.8 cm³/mol. The molecule has 0 spiro atoms. The van der Waals surface area contributed by atoms with Gasteiger partial charge >= 0.3 is 7.62 Å². The van der Waals surface area contributed by atoms with E-state index in [0.29, 0.717) is 6.04 Å². The Kier molecular flexibility index (Phi) is 2.11. The van der Waals surface area contributed by atoms with Gasteiger partial charge in [-0.25, -0.2) is 0 Å². The summed E-state index contributed by atoms with van der Waals surface area (Å²) in [5, 5.41) is 0. The highest BCUT2D eigenvalue weighted by molar-refractivity contribution is 6.25. The molecule has 15 heavy (non-hydrogen) atoms. The standard InChI is InChI=1S/C12H16BNO/c1-12(10-6-3-2-4-7-10)11-8-5-9-14(11)13-15-12/h2-4,6-7,11,13H,5,8-9H2,1H3/t11-,12?/m0/s1. The van der Waals surface area contributed by atoms with Crippen LogP contribution in [0.5, 0.6) is 0 Å². The molecule has 0 N–H and O–H groups in total. The van der Waals surface area contributed by atoms with Crippen LogP contribution in [-0.2, 0) is 10.3 Å². The second-order valence-corrected chi connectivity index (χ2v) is 4.72. The molecule has 2 aliphatic rings. The van der Waals surface area contributed by atoms with Crippen molar-refractivity contribution < 1.29 is 4.65 Å². The first kappa shape index (κ1) is 9.43. The molecular weight excluding hydrogens is 185 g/mol. The van der Waals surface area contributed by atoms with E-state index in [1.807, 2.05) is 0 Å².